The maximum atomic E-state index is 12.9. The number of aryl methyl sites for hydroxylation is 1. The molecule has 1 aliphatic rings. The first-order valence-corrected chi connectivity index (χ1v) is 13.1. The molecule has 1 saturated heterocycles. The third-order valence-electron chi connectivity index (χ3n) is 5.50. The minimum absolute atomic E-state index is 0.153. The Balaban J connectivity index is 1.49. The summed E-state index contributed by atoms with van der Waals surface area (Å²) in [5, 5.41) is 3.63. The van der Waals surface area contributed by atoms with Gasteiger partial charge in [0.1, 0.15) is 12.4 Å². The van der Waals surface area contributed by atoms with E-state index in [2.05, 4.69) is 12.2 Å². The van der Waals surface area contributed by atoms with Gasteiger partial charge >= 0.3 is 0 Å². The lowest BCUT2D eigenvalue weighted by Gasteiger charge is -2.31. The molecule has 1 heterocycles. The molecule has 0 aromatic heterocycles. The highest BCUT2D eigenvalue weighted by Gasteiger charge is 2.32. The number of carbonyl (C=O) groups is 1. The van der Waals surface area contributed by atoms with Crippen LogP contribution in [0.3, 0.4) is 0 Å². The van der Waals surface area contributed by atoms with Crippen molar-refractivity contribution < 1.29 is 17.9 Å². The van der Waals surface area contributed by atoms with E-state index in [1.807, 2.05) is 24.3 Å². The standard InChI is InChI=1S/C23H28Cl2N2O4S/c1-2-17-5-9-21(10-6-17)31-13-11-26-23(28)18-4-3-12-27(15-18)32(29,30)16-19-7-8-20(24)14-22(19)25/h5-10,14,18H,2-4,11-13,15-16H2,1H3,(H,26,28)/t18-/m0/s1. The third kappa shape index (κ3) is 6.85. The molecule has 0 bridgehead atoms. The highest BCUT2D eigenvalue weighted by Crippen LogP contribution is 2.26. The molecule has 1 N–H and O–H groups in total. The van der Waals surface area contributed by atoms with Gasteiger partial charge in [-0.2, -0.15) is 0 Å². The van der Waals surface area contributed by atoms with Crippen LogP contribution in [0.25, 0.3) is 0 Å². The molecule has 1 fully saturated rings. The predicted molar refractivity (Wildman–Crippen MR) is 128 cm³/mol. The average Bonchev–Trinajstić information content (AvgIpc) is 2.79. The Hall–Kier alpha value is -1.80. The first-order valence-electron chi connectivity index (χ1n) is 10.7. The summed E-state index contributed by atoms with van der Waals surface area (Å²) in [6.07, 6.45) is 2.25. The van der Waals surface area contributed by atoms with E-state index in [4.69, 9.17) is 27.9 Å². The van der Waals surface area contributed by atoms with E-state index in [0.717, 1.165) is 12.2 Å². The van der Waals surface area contributed by atoms with Crippen molar-refractivity contribution in [1.29, 1.82) is 0 Å². The summed E-state index contributed by atoms with van der Waals surface area (Å²) in [5.41, 5.74) is 1.73. The van der Waals surface area contributed by atoms with Gasteiger partial charge in [-0.3, -0.25) is 4.79 Å². The number of ether oxygens (including phenoxy) is 1. The SMILES string of the molecule is CCc1ccc(OCCNC(=O)[C@H]2CCCN(S(=O)(=O)Cc3ccc(Cl)cc3Cl)C2)cc1. The topological polar surface area (TPSA) is 75.7 Å². The van der Waals surface area contributed by atoms with Crippen LogP contribution in [0.1, 0.15) is 30.9 Å². The van der Waals surface area contributed by atoms with Gasteiger partial charge in [0.05, 0.1) is 18.2 Å². The number of sulfonamides is 1. The molecule has 0 radical (unpaired) electrons. The molecule has 1 aliphatic heterocycles. The van der Waals surface area contributed by atoms with Crippen molar-refractivity contribution in [2.24, 2.45) is 5.92 Å². The van der Waals surface area contributed by atoms with E-state index in [-0.39, 0.29) is 24.1 Å². The fraction of sp³-hybridized carbons (Fsp3) is 0.435. The van der Waals surface area contributed by atoms with Gasteiger partial charge in [0.25, 0.3) is 0 Å². The zero-order chi connectivity index (χ0) is 23.1. The predicted octanol–water partition coefficient (Wildman–Crippen LogP) is 4.29. The van der Waals surface area contributed by atoms with Gasteiger partial charge in [-0.25, -0.2) is 12.7 Å². The minimum atomic E-state index is -3.60. The zero-order valence-electron chi connectivity index (χ0n) is 18.0. The van der Waals surface area contributed by atoms with Gasteiger partial charge in [0, 0.05) is 23.1 Å². The molecule has 0 aliphatic carbocycles. The Bertz CT molecular complexity index is 1030. The number of nitrogens with zero attached hydrogens (tertiary/aromatic N) is 1. The number of rotatable bonds is 9. The number of hydrogen-bond donors (Lipinski definition) is 1. The first kappa shape index (κ1) is 24.8. The average molecular weight is 499 g/mol. The van der Waals surface area contributed by atoms with Crippen molar-refractivity contribution in [3.05, 3.63) is 63.6 Å². The van der Waals surface area contributed by atoms with E-state index in [0.29, 0.717) is 48.1 Å². The second kappa shape index (κ2) is 11.4. The highest BCUT2D eigenvalue weighted by molar-refractivity contribution is 7.88. The lowest BCUT2D eigenvalue weighted by atomic mass is 9.99. The smallest absolute Gasteiger partial charge is 0.224 e. The molecular formula is C23H28Cl2N2O4S. The van der Waals surface area contributed by atoms with Crippen LogP contribution in [-0.2, 0) is 27.0 Å². The zero-order valence-corrected chi connectivity index (χ0v) is 20.3. The fourth-order valence-electron chi connectivity index (χ4n) is 3.64. The number of piperidine rings is 1. The number of carbonyl (C=O) groups excluding carboxylic acids is 1. The van der Waals surface area contributed by atoms with Crippen LogP contribution in [0.2, 0.25) is 10.0 Å². The van der Waals surface area contributed by atoms with Gasteiger partial charge in [-0.1, -0.05) is 48.3 Å². The van der Waals surface area contributed by atoms with Gasteiger partial charge in [0.15, 0.2) is 0 Å². The number of nitrogens with one attached hydrogen (secondary N) is 1. The number of halogens is 2. The summed E-state index contributed by atoms with van der Waals surface area (Å²) in [6, 6.07) is 12.6. The number of hydrogen-bond acceptors (Lipinski definition) is 4. The minimum Gasteiger partial charge on any atom is -0.492 e. The molecule has 174 valence electrons. The van der Waals surface area contributed by atoms with Gasteiger partial charge in [-0.15, -0.1) is 0 Å². The number of amides is 1. The van der Waals surface area contributed by atoms with Crippen LogP contribution >= 0.6 is 23.2 Å². The highest BCUT2D eigenvalue weighted by atomic mass is 35.5. The molecule has 6 nitrogen and oxygen atoms in total. The van der Waals surface area contributed by atoms with Crippen molar-refractivity contribution in [1.82, 2.24) is 9.62 Å². The quantitative estimate of drug-likeness (QED) is 0.523. The number of benzene rings is 2. The lowest BCUT2D eigenvalue weighted by Crippen LogP contribution is -2.46. The van der Waals surface area contributed by atoms with Crippen LogP contribution in [-0.4, -0.2) is 44.9 Å². The van der Waals surface area contributed by atoms with Crippen molar-refractivity contribution in [2.45, 2.75) is 31.9 Å². The second-order valence-electron chi connectivity index (χ2n) is 7.83. The van der Waals surface area contributed by atoms with Gasteiger partial charge in [-0.05, 0) is 54.7 Å². The van der Waals surface area contributed by atoms with Crippen LogP contribution in [0.4, 0.5) is 0 Å². The van der Waals surface area contributed by atoms with Crippen LogP contribution in [0.5, 0.6) is 5.75 Å². The third-order valence-corrected chi connectivity index (χ3v) is 7.88. The second-order valence-corrected chi connectivity index (χ2v) is 10.6. The van der Waals surface area contributed by atoms with Gasteiger partial charge < -0.3 is 10.1 Å². The molecular weight excluding hydrogens is 471 g/mol. The maximum Gasteiger partial charge on any atom is 0.224 e. The van der Waals surface area contributed by atoms with E-state index >= 15 is 0 Å². The summed E-state index contributed by atoms with van der Waals surface area (Å²) in [4.78, 5) is 12.6. The van der Waals surface area contributed by atoms with Crippen LogP contribution in [0.15, 0.2) is 42.5 Å². The first-order chi connectivity index (χ1) is 15.3. The molecule has 1 amide bonds. The molecule has 9 heteroatoms. The Morgan fingerprint density at radius 3 is 2.62 bits per heavy atom. The van der Waals surface area contributed by atoms with E-state index in [9.17, 15) is 13.2 Å². The Morgan fingerprint density at radius 1 is 1.19 bits per heavy atom. The summed E-state index contributed by atoms with van der Waals surface area (Å²) in [7, 11) is -3.60. The molecule has 0 spiro atoms. The van der Waals surface area contributed by atoms with Crippen molar-refractivity contribution in [2.75, 3.05) is 26.2 Å². The van der Waals surface area contributed by atoms with Gasteiger partial charge in [0.2, 0.25) is 15.9 Å². The molecule has 2 aromatic carbocycles. The summed E-state index contributed by atoms with van der Waals surface area (Å²) in [6.45, 7) is 3.36. The Labute approximate surface area is 199 Å². The summed E-state index contributed by atoms with van der Waals surface area (Å²) >= 11 is 12.0. The normalized spacial score (nSPS) is 17.2. The maximum absolute atomic E-state index is 12.9. The molecule has 0 saturated carbocycles. The van der Waals surface area contributed by atoms with E-state index in [1.54, 1.807) is 12.1 Å². The van der Waals surface area contributed by atoms with Crippen molar-refractivity contribution in [3.63, 3.8) is 0 Å². The van der Waals surface area contributed by atoms with Crippen LogP contribution in [0, 0.1) is 5.92 Å². The Kier molecular flexibility index (Phi) is 8.82. The van der Waals surface area contributed by atoms with Crippen LogP contribution < -0.4 is 10.1 Å². The van der Waals surface area contributed by atoms with E-state index < -0.39 is 10.0 Å². The molecule has 0 unspecified atom stereocenters. The molecule has 32 heavy (non-hydrogen) atoms. The summed E-state index contributed by atoms with van der Waals surface area (Å²) in [5.74, 6) is -0.00296. The van der Waals surface area contributed by atoms with Crippen molar-refractivity contribution >= 4 is 39.1 Å². The fourth-order valence-corrected chi connectivity index (χ4v) is 5.84. The molecule has 2 aromatic rings. The largest absolute Gasteiger partial charge is 0.492 e. The molecule has 3 rings (SSSR count). The lowest BCUT2D eigenvalue weighted by molar-refractivity contribution is -0.126. The van der Waals surface area contributed by atoms with Crippen molar-refractivity contribution in [3.8, 4) is 5.75 Å². The monoisotopic (exact) mass is 498 g/mol. The Morgan fingerprint density at radius 2 is 1.94 bits per heavy atom. The summed E-state index contributed by atoms with van der Waals surface area (Å²) < 4.78 is 32.9. The molecule has 1 atom stereocenters. The van der Waals surface area contributed by atoms with E-state index in [1.165, 1.54) is 15.9 Å².